The minimum absolute atomic E-state index is 0.0416. The smallest absolute Gasteiger partial charge is 0.256 e. The van der Waals surface area contributed by atoms with Crippen molar-refractivity contribution in [2.75, 3.05) is 13.1 Å². The number of nitrogens with zero attached hydrogens (tertiary/aromatic N) is 3. The van der Waals surface area contributed by atoms with E-state index in [2.05, 4.69) is 15.1 Å². The van der Waals surface area contributed by atoms with Crippen molar-refractivity contribution in [3.05, 3.63) is 47.7 Å². The molecule has 0 aliphatic carbocycles. The lowest BCUT2D eigenvalue weighted by Gasteiger charge is -2.36. The van der Waals surface area contributed by atoms with E-state index in [1.165, 1.54) is 0 Å². The Labute approximate surface area is 120 Å². The third-order valence-electron chi connectivity index (χ3n) is 3.88. The summed E-state index contributed by atoms with van der Waals surface area (Å²) >= 11 is 0. The number of likely N-dealkylation sites (tertiary alicyclic amines) is 1. The average Bonchev–Trinajstić information content (AvgIpc) is 3.03. The molecule has 0 saturated carbocycles. The molecule has 2 aromatic heterocycles. The normalized spacial score (nSPS) is 15.4. The van der Waals surface area contributed by atoms with E-state index >= 15 is 0 Å². The summed E-state index contributed by atoms with van der Waals surface area (Å²) in [6.07, 6.45) is 1.77. The monoisotopic (exact) mass is 282 g/mol. The number of para-hydroxylation sites is 1. The first-order chi connectivity index (χ1) is 10.2. The first kappa shape index (κ1) is 12.1. The molecule has 21 heavy (non-hydrogen) atoms. The molecule has 4 rings (SSSR count). The quantitative estimate of drug-likeness (QED) is 0.781. The predicted octanol–water partition coefficient (Wildman–Crippen LogP) is 2.10. The minimum Gasteiger partial charge on any atom is -0.360 e. The van der Waals surface area contributed by atoms with Crippen LogP contribution in [0.25, 0.3) is 10.9 Å². The van der Waals surface area contributed by atoms with Crippen molar-refractivity contribution in [3.8, 4) is 0 Å². The van der Waals surface area contributed by atoms with E-state index in [0.717, 1.165) is 10.9 Å². The molecule has 1 amide bonds. The maximum absolute atomic E-state index is 12.5. The van der Waals surface area contributed by atoms with E-state index in [1.807, 2.05) is 24.3 Å². The number of rotatable bonds is 2. The number of nitrogens with one attached hydrogen (secondary N) is 1. The molecule has 0 atom stereocenters. The number of H-pyrrole nitrogens is 1. The van der Waals surface area contributed by atoms with Gasteiger partial charge in [0.25, 0.3) is 5.91 Å². The Balaban J connectivity index is 1.52. The van der Waals surface area contributed by atoms with Crippen molar-refractivity contribution in [2.24, 2.45) is 0 Å². The summed E-state index contributed by atoms with van der Waals surface area (Å²) in [5, 5.41) is 4.74. The predicted molar refractivity (Wildman–Crippen MR) is 76.0 cm³/mol. The summed E-state index contributed by atoms with van der Waals surface area (Å²) < 4.78 is 5.15. The largest absolute Gasteiger partial charge is 0.360 e. The number of carbonyl (C=O) groups excluding carboxylic acids is 1. The second-order valence-electron chi connectivity index (χ2n) is 5.33. The second-order valence-corrected chi connectivity index (χ2v) is 5.33. The number of hydrogen-bond donors (Lipinski definition) is 1. The van der Waals surface area contributed by atoms with Crippen LogP contribution in [0.2, 0.25) is 0 Å². The van der Waals surface area contributed by atoms with Crippen LogP contribution in [0.4, 0.5) is 0 Å². The van der Waals surface area contributed by atoms with E-state index in [0.29, 0.717) is 30.4 Å². The van der Waals surface area contributed by atoms with Gasteiger partial charge in [0, 0.05) is 30.2 Å². The number of benzene rings is 1. The molecule has 0 spiro atoms. The Bertz CT molecular complexity index is 814. The third kappa shape index (κ3) is 1.91. The van der Waals surface area contributed by atoms with Crippen molar-refractivity contribution in [1.82, 2.24) is 20.0 Å². The number of amides is 1. The molecule has 1 fully saturated rings. The summed E-state index contributed by atoms with van der Waals surface area (Å²) in [5.41, 5.74) is 1.69. The van der Waals surface area contributed by atoms with Gasteiger partial charge in [-0.25, -0.2) is 0 Å². The maximum atomic E-state index is 12.5. The van der Waals surface area contributed by atoms with Crippen LogP contribution in [0.1, 0.15) is 28.0 Å². The number of aryl methyl sites for hydroxylation is 1. The fourth-order valence-corrected chi connectivity index (χ4v) is 2.70. The molecule has 0 radical (unpaired) electrons. The van der Waals surface area contributed by atoms with E-state index < -0.39 is 0 Å². The topological polar surface area (TPSA) is 75.0 Å². The highest BCUT2D eigenvalue weighted by Crippen LogP contribution is 2.29. The van der Waals surface area contributed by atoms with Gasteiger partial charge < -0.3 is 14.4 Å². The fourth-order valence-electron chi connectivity index (χ4n) is 2.70. The maximum Gasteiger partial charge on any atom is 0.256 e. The highest BCUT2D eigenvalue weighted by Gasteiger charge is 2.36. The highest BCUT2D eigenvalue weighted by molar-refractivity contribution is 6.07. The highest BCUT2D eigenvalue weighted by atomic mass is 16.5. The molecule has 1 aromatic carbocycles. The van der Waals surface area contributed by atoms with Gasteiger partial charge in [0.1, 0.15) is 0 Å². The summed E-state index contributed by atoms with van der Waals surface area (Å²) in [6.45, 7) is 3.04. The van der Waals surface area contributed by atoms with Crippen LogP contribution in [0.15, 0.2) is 35.0 Å². The standard InChI is InChI=1S/C15H14N4O2/c1-9-17-14(21-18-9)10-7-19(8-10)15(20)12-6-16-13-5-3-2-4-11(12)13/h2-6,10,16H,7-8H2,1H3. The lowest BCUT2D eigenvalue weighted by molar-refractivity contribution is 0.0571. The lowest BCUT2D eigenvalue weighted by atomic mass is 9.98. The third-order valence-corrected chi connectivity index (χ3v) is 3.88. The Morgan fingerprint density at radius 1 is 1.38 bits per heavy atom. The number of aromatic nitrogens is 3. The fraction of sp³-hybridized carbons (Fsp3) is 0.267. The van der Waals surface area contributed by atoms with Crippen molar-refractivity contribution < 1.29 is 9.32 Å². The van der Waals surface area contributed by atoms with Gasteiger partial charge in [-0.2, -0.15) is 4.98 Å². The van der Waals surface area contributed by atoms with Crippen molar-refractivity contribution >= 4 is 16.8 Å². The van der Waals surface area contributed by atoms with Crippen molar-refractivity contribution in [3.63, 3.8) is 0 Å². The number of fused-ring (bicyclic) bond motifs is 1. The number of aromatic amines is 1. The zero-order valence-corrected chi connectivity index (χ0v) is 11.5. The summed E-state index contributed by atoms with van der Waals surface area (Å²) in [4.78, 5) is 21.7. The molecule has 6 heteroatoms. The summed E-state index contributed by atoms with van der Waals surface area (Å²) in [5.74, 6) is 1.45. The van der Waals surface area contributed by atoms with Crippen LogP contribution in [-0.4, -0.2) is 39.0 Å². The molecule has 1 aliphatic rings. The Hall–Kier alpha value is -2.63. The summed E-state index contributed by atoms with van der Waals surface area (Å²) in [6, 6.07) is 7.81. The Morgan fingerprint density at radius 3 is 2.95 bits per heavy atom. The number of hydrogen-bond acceptors (Lipinski definition) is 4. The first-order valence-electron chi connectivity index (χ1n) is 6.88. The molecule has 0 bridgehead atoms. The molecular formula is C15H14N4O2. The Morgan fingerprint density at radius 2 is 2.19 bits per heavy atom. The molecule has 106 valence electrons. The van der Waals surface area contributed by atoms with Crippen LogP contribution in [0, 0.1) is 6.92 Å². The molecule has 1 aliphatic heterocycles. The van der Waals surface area contributed by atoms with Crippen LogP contribution in [-0.2, 0) is 0 Å². The molecule has 3 heterocycles. The molecule has 6 nitrogen and oxygen atoms in total. The van der Waals surface area contributed by atoms with Crippen molar-refractivity contribution in [2.45, 2.75) is 12.8 Å². The van der Waals surface area contributed by atoms with Gasteiger partial charge in [-0.05, 0) is 13.0 Å². The number of carbonyl (C=O) groups is 1. The van der Waals surface area contributed by atoms with Gasteiger partial charge in [-0.1, -0.05) is 23.4 Å². The second kappa shape index (κ2) is 4.44. The molecule has 0 unspecified atom stereocenters. The zero-order valence-electron chi connectivity index (χ0n) is 11.5. The van der Waals surface area contributed by atoms with E-state index in [-0.39, 0.29) is 11.8 Å². The molecule has 1 N–H and O–H groups in total. The molecule has 3 aromatic rings. The van der Waals surface area contributed by atoms with Crippen LogP contribution in [0.5, 0.6) is 0 Å². The van der Waals surface area contributed by atoms with E-state index in [1.54, 1.807) is 18.0 Å². The summed E-state index contributed by atoms with van der Waals surface area (Å²) in [7, 11) is 0. The van der Waals surface area contributed by atoms with Crippen LogP contribution in [0.3, 0.4) is 0 Å². The Kier molecular flexibility index (Phi) is 2.57. The van der Waals surface area contributed by atoms with E-state index in [4.69, 9.17) is 4.52 Å². The van der Waals surface area contributed by atoms with Gasteiger partial charge in [0.15, 0.2) is 5.82 Å². The van der Waals surface area contributed by atoms with Crippen LogP contribution >= 0.6 is 0 Å². The van der Waals surface area contributed by atoms with Gasteiger partial charge in [-0.3, -0.25) is 4.79 Å². The van der Waals surface area contributed by atoms with Crippen molar-refractivity contribution in [1.29, 1.82) is 0 Å². The molecule has 1 saturated heterocycles. The molecular weight excluding hydrogens is 268 g/mol. The zero-order chi connectivity index (χ0) is 14.4. The van der Waals surface area contributed by atoms with E-state index in [9.17, 15) is 4.79 Å². The van der Waals surface area contributed by atoms with Gasteiger partial charge in [0.05, 0.1) is 11.5 Å². The SMILES string of the molecule is Cc1noc(C2CN(C(=O)c3c[nH]c4ccccc34)C2)n1. The average molecular weight is 282 g/mol. The van der Waals surface area contributed by atoms with Gasteiger partial charge in [0.2, 0.25) is 5.89 Å². The lowest BCUT2D eigenvalue weighted by Crippen LogP contribution is -2.48. The van der Waals surface area contributed by atoms with Gasteiger partial charge in [-0.15, -0.1) is 0 Å². The van der Waals surface area contributed by atoms with Gasteiger partial charge >= 0.3 is 0 Å². The van der Waals surface area contributed by atoms with Crippen LogP contribution < -0.4 is 0 Å². The first-order valence-corrected chi connectivity index (χ1v) is 6.88. The minimum atomic E-state index is 0.0416.